The van der Waals surface area contributed by atoms with E-state index in [0.29, 0.717) is 11.6 Å². The predicted octanol–water partition coefficient (Wildman–Crippen LogP) is 3.96. The maximum atomic E-state index is 12.0. The fraction of sp³-hybridized carbons (Fsp3) is 0.316. The van der Waals surface area contributed by atoms with E-state index in [4.69, 9.17) is 4.74 Å². The lowest BCUT2D eigenvalue weighted by Gasteiger charge is -2.15. The number of nitrogens with one attached hydrogen (secondary N) is 1. The molecule has 25 heavy (non-hydrogen) atoms. The monoisotopic (exact) mass is 356 g/mol. The molecule has 1 heterocycles. The zero-order chi connectivity index (χ0) is 17.6. The van der Waals surface area contributed by atoms with Crippen LogP contribution in [0.4, 0.5) is 5.13 Å². The first-order chi connectivity index (χ1) is 12.1. The van der Waals surface area contributed by atoms with Gasteiger partial charge < -0.3 is 4.74 Å². The van der Waals surface area contributed by atoms with Crippen molar-refractivity contribution >= 4 is 28.3 Å². The van der Waals surface area contributed by atoms with Crippen LogP contribution in [-0.2, 0) is 14.3 Å². The Kier molecular flexibility index (Phi) is 5.60. The van der Waals surface area contributed by atoms with E-state index in [0.717, 1.165) is 24.1 Å². The Hall–Kier alpha value is -2.47. The van der Waals surface area contributed by atoms with E-state index in [1.165, 1.54) is 16.9 Å². The summed E-state index contributed by atoms with van der Waals surface area (Å²) in [5, 5.41) is 5.07. The number of ether oxygens (including phenoxy) is 1. The van der Waals surface area contributed by atoms with Gasteiger partial charge in [0.2, 0.25) is 0 Å². The highest BCUT2D eigenvalue weighted by Crippen LogP contribution is 2.25. The number of nitrogens with zero attached hydrogens (tertiary/aromatic N) is 1. The summed E-state index contributed by atoms with van der Waals surface area (Å²) in [6.07, 6.45) is 6.39. The fourth-order valence-corrected chi connectivity index (χ4v) is 3.34. The minimum atomic E-state index is -0.371. The van der Waals surface area contributed by atoms with Crippen LogP contribution >= 0.6 is 11.3 Å². The Morgan fingerprint density at radius 3 is 2.80 bits per heavy atom. The summed E-state index contributed by atoms with van der Waals surface area (Å²) in [6, 6.07) is 8.03. The summed E-state index contributed by atoms with van der Waals surface area (Å²) in [5.41, 5.74) is 2.99. The van der Waals surface area contributed by atoms with Crippen LogP contribution in [0, 0.1) is 12.8 Å². The third-order valence-electron chi connectivity index (χ3n) is 4.05. The van der Waals surface area contributed by atoms with Crippen molar-refractivity contribution in [2.45, 2.75) is 26.2 Å². The quantitative estimate of drug-likeness (QED) is 0.650. The first-order valence-electron chi connectivity index (χ1n) is 8.26. The molecule has 0 bridgehead atoms. The predicted molar refractivity (Wildman–Crippen MR) is 98.4 cm³/mol. The number of hydrogen-bond donors (Lipinski definition) is 1. The highest BCUT2D eigenvalue weighted by atomic mass is 32.1. The molecule has 0 saturated heterocycles. The van der Waals surface area contributed by atoms with Gasteiger partial charge in [0.15, 0.2) is 11.7 Å². The van der Waals surface area contributed by atoms with Crippen molar-refractivity contribution in [1.29, 1.82) is 0 Å². The Morgan fingerprint density at radius 2 is 2.08 bits per heavy atom. The highest BCUT2D eigenvalue weighted by molar-refractivity contribution is 7.14. The van der Waals surface area contributed by atoms with Gasteiger partial charge in [0.25, 0.3) is 5.91 Å². The van der Waals surface area contributed by atoms with Crippen LogP contribution in [0.2, 0.25) is 0 Å². The Bertz CT molecular complexity index is 780. The van der Waals surface area contributed by atoms with E-state index in [2.05, 4.69) is 16.4 Å². The molecule has 5 nitrogen and oxygen atoms in total. The second-order valence-corrected chi connectivity index (χ2v) is 6.90. The van der Waals surface area contributed by atoms with Crippen molar-refractivity contribution in [3.63, 3.8) is 0 Å². The van der Waals surface area contributed by atoms with Crippen molar-refractivity contribution in [3.8, 4) is 11.3 Å². The SMILES string of the molecule is Cc1ccc(-c2csc(NC(=O)COC(=O)C3CC=CCC3)n2)cc1. The molecule has 1 N–H and O–H groups in total. The van der Waals surface area contributed by atoms with Gasteiger partial charge in [0, 0.05) is 10.9 Å². The van der Waals surface area contributed by atoms with Crippen LogP contribution in [0.25, 0.3) is 11.3 Å². The molecule has 0 aliphatic heterocycles. The fourth-order valence-electron chi connectivity index (χ4n) is 2.61. The van der Waals surface area contributed by atoms with Gasteiger partial charge in [-0.3, -0.25) is 14.9 Å². The number of allylic oxidation sites excluding steroid dienone is 2. The van der Waals surface area contributed by atoms with Crippen molar-refractivity contribution < 1.29 is 14.3 Å². The lowest BCUT2D eigenvalue weighted by atomic mass is 9.95. The molecule has 1 aromatic carbocycles. The number of benzene rings is 1. The van der Waals surface area contributed by atoms with E-state index < -0.39 is 0 Å². The molecule has 0 fully saturated rings. The van der Waals surface area contributed by atoms with E-state index in [-0.39, 0.29) is 24.4 Å². The minimum absolute atomic E-state index is 0.134. The summed E-state index contributed by atoms with van der Waals surface area (Å²) in [4.78, 5) is 28.3. The Morgan fingerprint density at radius 1 is 1.28 bits per heavy atom. The van der Waals surface area contributed by atoms with Gasteiger partial charge in [-0.15, -0.1) is 11.3 Å². The standard InChI is InChI=1S/C19H20N2O3S/c1-13-7-9-14(10-8-13)16-12-25-19(20-16)21-17(22)11-24-18(23)15-5-3-2-4-6-15/h2-3,7-10,12,15H,4-6,11H2,1H3,(H,20,21,22). The molecular weight excluding hydrogens is 336 g/mol. The van der Waals surface area contributed by atoms with Crippen molar-refractivity contribution in [2.24, 2.45) is 5.92 Å². The van der Waals surface area contributed by atoms with Crippen LogP contribution in [0.15, 0.2) is 41.8 Å². The number of anilines is 1. The third-order valence-corrected chi connectivity index (χ3v) is 4.80. The minimum Gasteiger partial charge on any atom is -0.455 e. The topological polar surface area (TPSA) is 68.3 Å². The molecule has 1 atom stereocenters. The van der Waals surface area contributed by atoms with E-state index in [1.54, 1.807) is 0 Å². The number of aryl methyl sites for hydroxylation is 1. The molecule has 0 radical (unpaired) electrons. The number of amides is 1. The molecule has 1 unspecified atom stereocenters. The number of carbonyl (C=O) groups excluding carboxylic acids is 2. The molecule has 1 amide bonds. The van der Waals surface area contributed by atoms with Crippen LogP contribution in [-0.4, -0.2) is 23.5 Å². The second-order valence-electron chi connectivity index (χ2n) is 6.04. The van der Waals surface area contributed by atoms with Gasteiger partial charge in [0.1, 0.15) is 0 Å². The van der Waals surface area contributed by atoms with E-state index >= 15 is 0 Å². The molecule has 1 aliphatic carbocycles. The molecule has 6 heteroatoms. The summed E-state index contributed by atoms with van der Waals surface area (Å²) in [6.45, 7) is 1.75. The molecule has 1 aromatic heterocycles. The van der Waals surface area contributed by atoms with Crippen molar-refractivity contribution in [1.82, 2.24) is 4.98 Å². The first kappa shape index (κ1) is 17.4. The van der Waals surface area contributed by atoms with Gasteiger partial charge in [0.05, 0.1) is 11.6 Å². The maximum absolute atomic E-state index is 12.0. The van der Waals surface area contributed by atoms with Gasteiger partial charge in [-0.05, 0) is 26.2 Å². The average molecular weight is 356 g/mol. The number of aromatic nitrogens is 1. The maximum Gasteiger partial charge on any atom is 0.309 e. The van der Waals surface area contributed by atoms with Crippen molar-refractivity contribution in [3.05, 3.63) is 47.4 Å². The van der Waals surface area contributed by atoms with Gasteiger partial charge in [-0.2, -0.15) is 0 Å². The zero-order valence-corrected chi connectivity index (χ0v) is 14.8. The third kappa shape index (κ3) is 4.76. The molecule has 2 aromatic rings. The summed E-state index contributed by atoms with van der Waals surface area (Å²) in [5.74, 6) is -0.811. The van der Waals surface area contributed by atoms with Crippen LogP contribution in [0.1, 0.15) is 24.8 Å². The molecule has 3 rings (SSSR count). The number of thiazole rings is 1. The zero-order valence-electron chi connectivity index (χ0n) is 14.0. The van der Waals surface area contributed by atoms with Gasteiger partial charge in [-0.25, -0.2) is 4.98 Å². The average Bonchev–Trinajstić information content (AvgIpc) is 3.09. The normalized spacial score (nSPS) is 16.4. The van der Waals surface area contributed by atoms with Gasteiger partial charge >= 0.3 is 5.97 Å². The molecule has 0 spiro atoms. The lowest BCUT2D eigenvalue weighted by molar-refractivity contribution is -0.151. The van der Waals surface area contributed by atoms with Crippen LogP contribution in [0.5, 0.6) is 0 Å². The van der Waals surface area contributed by atoms with Crippen LogP contribution in [0.3, 0.4) is 0 Å². The van der Waals surface area contributed by atoms with Gasteiger partial charge in [-0.1, -0.05) is 42.0 Å². The number of carbonyl (C=O) groups is 2. The summed E-state index contributed by atoms with van der Waals surface area (Å²) < 4.78 is 5.11. The largest absolute Gasteiger partial charge is 0.455 e. The Labute approximate surface area is 150 Å². The van der Waals surface area contributed by atoms with E-state index in [1.807, 2.05) is 42.6 Å². The van der Waals surface area contributed by atoms with E-state index in [9.17, 15) is 9.59 Å². The molecule has 130 valence electrons. The molecular formula is C19H20N2O3S. The summed E-state index contributed by atoms with van der Waals surface area (Å²) >= 11 is 1.35. The Balaban J connectivity index is 1.50. The molecule has 0 saturated carbocycles. The lowest BCUT2D eigenvalue weighted by Crippen LogP contribution is -2.25. The summed E-state index contributed by atoms with van der Waals surface area (Å²) in [7, 11) is 0. The highest BCUT2D eigenvalue weighted by Gasteiger charge is 2.21. The van der Waals surface area contributed by atoms with Crippen LogP contribution < -0.4 is 5.32 Å². The number of rotatable bonds is 5. The number of hydrogen-bond acceptors (Lipinski definition) is 5. The first-order valence-corrected chi connectivity index (χ1v) is 9.14. The second kappa shape index (κ2) is 8.07. The molecule has 1 aliphatic rings. The smallest absolute Gasteiger partial charge is 0.309 e. The number of esters is 1. The van der Waals surface area contributed by atoms with Crippen molar-refractivity contribution in [2.75, 3.05) is 11.9 Å².